The van der Waals surface area contributed by atoms with Crippen LogP contribution in [0.1, 0.15) is 5.56 Å². The lowest BCUT2D eigenvalue weighted by atomic mass is 10.2. The number of hydrogen-bond acceptors (Lipinski definition) is 3. The maximum Gasteiger partial charge on any atom is 0.416 e. The molecule has 0 atom stereocenters. The van der Waals surface area contributed by atoms with Gasteiger partial charge in [0.25, 0.3) is 5.56 Å². The summed E-state index contributed by atoms with van der Waals surface area (Å²) in [4.78, 5) is 28.6. The van der Waals surface area contributed by atoms with Gasteiger partial charge in [-0.15, -0.1) is 0 Å². The second-order valence-electron chi connectivity index (χ2n) is 5.59. The van der Waals surface area contributed by atoms with Gasteiger partial charge >= 0.3 is 6.18 Å². The summed E-state index contributed by atoms with van der Waals surface area (Å²) in [5.74, 6) is -0.689. The third-order valence-corrected chi connectivity index (χ3v) is 4.14. The summed E-state index contributed by atoms with van der Waals surface area (Å²) in [6, 6.07) is 6.99. The molecule has 3 rings (SSSR count). The number of amides is 1. The third-order valence-electron chi connectivity index (χ3n) is 3.63. The minimum atomic E-state index is -4.53. The Morgan fingerprint density at radius 3 is 2.63 bits per heavy atom. The number of carbonyl (C=O) groups excluding carboxylic acids is 1. The molecule has 0 bridgehead atoms. The normalized spacial score (nSPS) is 11.6. The van der Waals surface area contributed by atoms with Crippen LogP contribution in [0.2, 0.25) is 10.0 Å². The van der Waals surface area contributed by atoms with E-state index in [4.69, 9.17) is 23.2 Å². The first-order chi connectivity index (χ1) is 12.6. The molecule has 10 heteroatoms. The number of aromatic nitrogens is 2. The van der Waals surface area contributed by atoms with Crippen LogP contribution in [-0.2, 0) is 17.5 Å². The minimum Gasteiger partial charge on any atom is -0.325 e. The van der Waals surface area contributed by atoms with E-state index in [-0.39, 0.29) is 26.6 Å². The van der Waals surface area contributed by atoms with Crippen LogP contribution in [0, 0.1) is 0 Å². The predicted octanol–water partition coefficient (Wildman–Crippen LogP) is 4.36. The van der Waals surface area contributed by atoms with E-state index in [2.05, 4.69) is 10.3 Å². The molecule has 0 aliphatic heterocycles. The summed E-state index contributed by atoms with van der Waals surface area (Å²) in [6.45, 7) is -0.442. The maximum absolute atomic E-state index is 12.7. The van der Waals surface area contributed by atoms with Gasteiger partial charge in [-0.1, -0.05) is 29.3 Å². The van der Waals surface area contributed by atoms with Crippen molar-refractivity contribution in [1.29, 1.82) is 0 Å². The fraction of sp³-hybridized carbons (Fsp3) is 0.118. The second-order valence-corrected chi connectivity index (χ2v) is 6.43. The molecule has 1 N–H and O–H groups in total. The molecule has 5 nitrogen and oxygen atoms in total. The number of benzene rings is 2. The van der Waals surface area contributed by atoms with Crippen molar-refractivity contribution in [2.45, 2.75) is 12.7 Å². The molecule has 27 heavy (non-hydrogen) atoms. The Balaban J connectivity index is 1.85. The average Bonchev–Trinajstić information content (AvgIpc) is 2.57. The predicted molar refractivity (Wildman–Crippen MR) is 96.1 cm³/mol. The van der Waals surface area contributed by atoms with Crippen molar-refractivity contribution in [2.24, 2.45) is 0 Å². The van der Waals surface area contributed by atoms with E-state index in [9.17, 15) is 22.8 Å². The molecule has 0 saturated heterocycles. The highest BCUT2D eigenvalue weighted by atomic mass is 35.5. The molecule has 1 amide bonds. The Kier molecular flexibility index (Phi) is 5.12. The van der Waals surface area contributed by atoms with Gasteiger partial charge in [-0.05, 0) is 30.3 Å². The van der Waals surface area contributed by atoms with E-state index in [1.807, 2.05) is 0 Å². The zero-order chi connectivity index (χ0) is 19.8. The molecule has 0 aliphatic rings. The SMILES string of the molecule is O=C(Cn1cnc2c(Cl)cc(Cl)cc2c1=O)Nc1cccc(C(F)(F)F)c1. The lowest BCUT2D eigenvalue weighted by Crippen LogP contribution is -2.28. The molecule has 0 fully saturated rings. The molecule has 0 radical (unpaired) electrons. The van der Waals surface area contributed by atoms with E-state index in [1.165, 1.54) is 24.3 Å². The molecule has 140 valence electrons. The highest BCUT2D eigenvalue weighted by molar-refractivity contribution is 6.38. The highest BCUT2D eigenvalue weighted by Crippen LogP contribution is 2.30. The molecule has 2 aromatic carbocycles. The molecule has 1 aromatic heterocycles. The number of hydrogen-bond donors (Lipinski definition) is 1. The number of carbonyl (C=O) groups is 1. The van der Waals surface area contributed by atoms with E-state index in [0.29, 0.717) is 0 Å². The van der Waals surface area contributed by atoms with Crippen molar-refractivity contribution in [3.05, 3.63) is 68.7 Å². The van der Waals surface area contributed by atoms with Crippen molar-refractivity contribution in [1.82, 2.24) is 9.55 Å². The summed E-state index contributed by atoms with van der Waals surface area (Å²) >= 11 is 11.9. The summed E-state index contributed by atoms with van der Waals surface area (Å²) in [5, 5.41) is 2.87. The minimum absolute atomic E-state index is 0.0392. The van der Waals surface area contributed by atoms with Gasteiger partial charge < -0.3 is 5.32 Å². The maximum atomic E-state index is 12.7. The molecule has 3 aromatic rings. The van der Waals surface area contributed by atoms with Crippen LogP contribution in [0.3, 0.4) is 0 Å². The number of nitrogens with zero attached hydrogens (tertiary/aromatic N) is 2. The Hall–Kier alpha value is -2.58. The molecule has 1 heterocycles. The van der Waals surface area contributed by atoms with Crippen molar-refractivity contribution in [2.75, 3.05) is 5.32 Å². The van der Waals surface area contributed by atoms with Crippen molar-refractivity contribution in [3.63, 3.8) is 0 Å². The van der Waals surface area contributed by atoms with Crippen LogP contribution >= 0.6 is 23.2 Å². The lowest BCUT2D eigenvalue weighted by Gasteiger charge is -2.11. The summed E-state index contributed by atoms with van der Waals surface area (Å²) in [7, 11) is 0. The van der Waals surface area contributed by atoms with Crippen LogP contribution < -0.4 is 10.9 Å². The summed E-state index contributed by atoms with van der Waals surface area (Å²) in [6.07, 6.45) is -3.39. The van der Waals surface area contributed by atoms with Crippen LogP contribution in [0.25, 0.3) is 10.9 Å². The van der Waals surface area contributed by atoms with E-state index >= 15 is 0 Å². The average molecular weight is 416 g/mol. The van der Waals surface area contributed by atoms with Gasteiger partial charge in [0.05, 0.1) is 27.8 Å². The number of nitrogens with one attached hydrogen (secondary N) is 1. The first-order valence-corrected chi connectivity index (χ1v) is 8.22. The van der Waals surface area contributed by atoms with Gasteiger partial charge in [0.15, 0.2) is 0 Å². The number of fused-ring (bicyclic) bond motifs is 1. The van der Waals surface area contributed by atoms with Gasteiger partial charge in [-0.3, -0.25) is 14.2 Å². The summed E-state index contributed by atoms with van der Waals surface area (Å²) < 4.78 is 39.2. The summed E-state index contributed by atoms with van der Waals surface area (Å²) in [5.41, 5.74) is -1.25. The Bertz CT molecular complexity index is 1100. The Morgan fingerprint density at radius 2 is 1.93 bits per heavy atom. The molecule has 0 unspecified atom stereocenters. The van der Waals surface area contributed by atoms with Crippen molar-refractivity contribution in [3.8, 4) is 0 Å². The zero-order valence-electron chi connectivity index (χ0n) is 13.3. The first kappa shape index (κ1) is 19.2. The highest BCUT2D eigenvalue weighted by Gasteiger charge is 2.30. The largest absolute Gasteiger partial charge is 0.416 e. The monoisotopic (exact) mass is 415 g/mol. The number of halogens is 5. The van der Waals surface area contributed by atoms with Crippen LogP contribution in [0.5, 0.6) is 0 Å². The number of alkyl halides is 3. The molecule has 0 spiro atoms. The number of rotatable bonds is 3. The fourth-order valence-electron chi connectivity index (χ4n) is 2.44. The van der Waals surface area contributed by atoms with Crippen LogP contribution in [0.4, 0.5) is 18.9 Å². The van der Waals surface area contributed by atoms with Gasteiger partial charge in [0.1, 0.15) is 6.54 Å². The van der Waals surface area contributed by atoms with E-state index in [0.717, 1.165) is 23.0 Å². The quantitative estimate of drug-likeness (QED) is 0.690. The third kappa shape index (κ3) is 4.23. The molecular formula is C17H10Cl2F3N3O2. The zero-order valence-corrected chi connectivity index (χ0v) is 14.9. The van der Waals surface area contributed by atoms with Gasteiger partial charge in [-0.2, -0.15) is 13.2 Å². The van der Waals surface area contributed by atoms with Gasteiger partial charge in [0, 0.05) is 10.7 Å². The van der Waals surface area contributed by atoms with Crippen molar-refractivity contribution < 1.29 is 18.0 Å². The van der Waals surface area contributed by atoms with Gasteiger partial charge in [0.2, 0.25) is 5.91 Å². The standard InChI is InChI=1S/C17H10Cl2F3N3O2/c18-10-5-12-15(13(19)6-10)23-8-25(16(12)27)7-14(26)24-11-3-1-2-9(4-11)17(20,21)22/h1-6,8H,7H2,(H,24,26). The molecule has 0 aliphatic carbocycles. The van der Waals surface area contributed by atoms with Crippen LogP contribution in [-0.4, -0.2) is 15.5 Å². The molecular weight excluding hydrogens is 406 g/mol. The molecule has 0 saturated carbocycles. The van der Waals surface area contributed by atoms with Crippen molar-refractivity contribution >= 4 is 45.7 Å². The lowest BCUT2D eigenvalue weighted by molar-refractivity contribution is -0.137. The first-order valence-electron chi connectivity index (χ1n) is 7.46. The second kappa shape index (κ2) is 7.21. The van der Waals surface area contributed by atoms with Gasteiger partial charge in [-0.25, -0.2) is 4.98 Å². The van der Waals surface area contributed by atoms with E-state index < -0.39 is 29.8 Å². The number of anilines is 1. The topological polar surface area (TPSA) is 64.0 Å². The Morgan fingerprint density at radius 1 is 1.19 bits per heavy atom. The smallest absolute Gasteiger partial charge is 0.325 e. The van der Waals surface area contributed by atoms with Crippen LogP contribution in [0.15, 0.2) is 47.5 Å². The van der Waals surface area contributed by atoms with E-state index in [1.54, 1.807) is 0 Å². The Labute approximate surface area is 160 Å². The fourth-order valence-corrected chi connectivity index (χ4v) is 2.98.